The van der Waals surface area contributed by atoms with E-state index >= 15 is 0 Å². The van der Waals surface area contributed by atoms with Crippen molar-refractivity contribution in [3.63, 3.8) is 0 Å². The molecular formula is C7H8Cl2N2O. The highest BCUT2D eigenvalue weighted by atomic mass is 35.5. The Bertz CT molecular complexity index is 307. The molecule has 0 spiro atoms. The van der Waals surface area contributed by atoms with Crippen molar-refractivity contribution < 1.29 is 5.11 Å². The molecule has 1 saturated carbocycles. The third-order valence-corrected chi connectivity index (χ3v) is 2.76. The van der Waals surface area contributed by atoms with Gasteiger partial charge >= 0.3 is 0 Å². The third-order valence-electron chi connectivity index (χ3n) is 1.91. The standard InChI is InChI=1S/C7H8Cl2N2O/c8-6-5(3-12)10-11(7(6)9)4-1-2-4/h4,12H,1-3H2. The minimum Gasteiger partial charge on any atom is -0.390 e. The maximum atomic E-state index is 8.84. The van der Waals surface area contributed by atoms with Crippen LogP contribution >= 0.6 is 23.2 Å². The van der Waals surface area contributed by atoms with Gasteiger partial charge in [0.1, 0.15) is 15.9 Å². The Balaban J connectivity index is 2.41. The molecule has 0 radical (unpaired) electrons. The van der Waals surface area contributed by atoms with E-state index < -0.39 is 0 Å². The molecular weight excluding hydrogens is 199 g/mol. The van der Waals surface area contributed by atoms with Crippen LogP contribution in [-0.4, -0.2) is 14.9 Å². The summed E-state index contributed by atoms with van der Waals surface area (Å²) in [5.41, 5.74) is 0.466. The van der Waals surface area contributed by atoms with E-state index in [1.165, 1.54) is 0 Å². The van der Waals surface area contributed by atoms with Gasteiger partial charge in [0, 0.05) is 0 Å². The maximum absolute atomic E-state index is 8.84. The van der Waals surface area contributed by atoms with Crippen molar-refractivity contribution in [1.29, 1.82) is 0 Å². The van der Waals surface area contributed by atoms with Crippen LogP contribution in [0.25, 0.3) is 0 Å². The molecule has 1 aliphatic rings. The smallest absolute Gasteiger partial charge is 0.146 e. The summed E-state index contributed by atoms with van der Waals surface area (Å²) >= 11 is 11.7. The van der Waals surface area contributed by atoms with Crippen LogP contribution in [0.5, 0.6) is 0 Å². The first-order valence-corrected chi connectivity index (χ1v) is 4.53. The minimum atomic E-state index is -0.154. The molecule has 0 saturated heterocycles. The van der Waals surface area contributed by atoms with Gasteiger partial charge in [-0.15, -0.1) is 0 Å². The average Bonchev–Trinajstić information content (AvgIpc) is 2.84. The van der Waals surface area contributed by atoms with E-state index in [-0.39, 0.29) is 6.61 Å². The Morgan fingerprint density at radius 3 is 2.58 bits per heavy atom. The highest BCUT2D eigenvalue weighted by molar-refractivity contribution is 6.41. The molecule has 0 amide bonds. The topological polar surface area (TPSA) is 38.1 Å². The van der Waals surface area contributed by atoms with Crippen molar-refractivity contribution in [1.82, 2.24) is 9.78 Å². The van der Waals surface area contributed by atoms with Gasteiger partial charge in [-0.1, -0.05) is 23.2 Å². The van der Waals surface area contributed by atoms with Crippen LogP contribution < -0.4 is 0 Å². The van der Waals surface area contributed by atoms with Gasteiger partial charge in [0.05, 0.1) is 12.6 Å². The second-order valence-corrected chi connectivity index (χ2v) is 3.62. The zero-order valence-electron chi connectivity index (χ0n) is 6.30. The first-order chi connectivity index (χ1) is 5.74. The van der Waals surface area contributed by atoms with Crippen LogP contribution in [0.3, 0.4) is 0 Å². The number of hydrogen-bond acceptors (Lipinski definition) is 2. The average molecular weight is 207 g/mol. The van der Waals surface area contributed by atoms with Crippen LogP contribution in [0, 0.1) is 0 Å². The molecule has 0 bridgehead atoms. The van der Waals surface area contributed by atoms with Crippen LogP contribution in [0.4, 0.5) is 0 Å². The molecule has 1 fully saturated rings. The summed E-state index contributed by atoms with van der Waals surface area (Å²) in [6.45, 7) is -0.154. The number of nitrogens with zero attached hydrogens (tertiary/aromatic N) is 2. The van der Waals surface area contributed by atoms with Crippen molar-refractivity contribution >= 4 is 23.2 Å². The van der Waals surface area contributed by atoms with Crippen LogP contribution in [0.1, 0.15) is 24.6 Å². The molecule has 2 rings (SSSR count). The summed E-state index contributed by atoms with van der Waals surface area (Å²) in [5, 5.41) is 13.8. The number of aliphatic hydroxyl groups excluding tert-OH is 1. The molecule has 1 aromatic heterocycles. The summed E-state index contributed by atoms with van der Waals surface area (Å²) in [7, 11) is 0. The van der Waals surface area contributed by atoms with Gasteiger partial charge in [-0.3, -0.25) is 0 Å². The van der Waals surface area contributed by atoms with E-state index in [4.69, 9.17) is 28.3 Å². The first kappa shape index (κ1) is 8.35. The summed E-state index contributed by atoms with van der Waals surface area (Å²) in [6.07, 6.45) is 2.20. The number of aliphatic hydroxyl groups is 1. The SMILES string of the molecule is OCc1nn(C2CC2)c(Cl)c1Cl. The van der Waals surface area contributed by atoms with E-state index in [9.17, 15) is 0 Å². The van der Waals surface area contributed by atoms with Crippen LogP contribution in [-0.2, 0) is 6.61 Å². The second-order valence-electron chi connectivity index (χ2n) is 2.89. The van der Waals surface area contributed by atoms with Crippen molar-refractivity contribution in [2.75, 3.05) is 0 Å². The minimum absolute atomic E-state index is 0.154. The Morgan fingerprint density at radius 2 is 2.17 bits per heavy atom. The van der Waals surface area contributed by atoms with Crippen molar-refractivity contribution in [3.8, 4) is 0 Å². The number of aromatic nitrogens is 2. The van der Waals surface area contributed by atoms with E-state index in [0.29, 0.717) is 21.9 Å². The molecule has 1 aliphatic carbocycles. The lowest BCUT2D eigenvalue weighted by Crippen LogP contribution is -1.96. The Kier molecular flexibility index (Phi) is 2.02. The highest BCUT2D eigenvalue weighted by Gasteiger charge is 2.28. The first-order valence-electron chi connectivity index (χ1n) is 3.77. The lowest BCUT2D eigenvalue weighted by atomic mass is 10.5. The molecule has 1 N–H and O–H groups in total. The predicted octanol–water partition coefficient (Wildman–Crippen LogP) is 2.02. The fraction of sp³-hybridized carbons (Fsp3) is 0.571. The highest BCUT2D eigenvalue weighted by Crippen LogP contribution is 2.39. The largest absolute Gasteiger partial charge is 0.390 e. The Hall–Kier alpha value is -0.250. The zero-order chi connectivity index (χ0) is 8.72. The fourth-order valence-corrected chi connectivity index (χ4v) is 1.57. The molecule has 1 heterocycles. The van der Waals surface area contributed by atoms with Gasteiger partial charge in [0.2, 0.25) is 0 Å². The molecule has 0 aromatic carbocycles. The molecule has 66 valence electrons. The second kappa shape index (κ2) is 2.91. The monoisotopic (exact) mass is 206 g/mol. The summed E-state index contributed by atoms with van der Waals surface area (Å²) < 4.78 is 1.69. The van der Waals surface area contributed by atoms with Crippen molar-refractivity contribution in [2.24, 2.45) is 0 Å². The number of halogens is 2. The lowest BCUT2D eigenvalue weighted by Gasteiger charge is -1.96. The summed E-state index contributed by atoms with van der Waals surface area (Å²) in [6, 6.07) is 0.398. The predicted molar refractivity (Wildman–Crippen MR) is 46.4 cm³/mol. The van der Waals surface area contributed by atoms with Crippen molar-refractivity contribution in [3.05, 3.63) is 15.9 Å². The van der Waals surface area contributed by atoms with Gasteiger partial charge in [0.25, 0.3) is 0 Å². The van der Waals surface area contributed by atoms with Gasteiger partial charge in [-0.2, -0.15) is 5.10 Å². The molecule has 5 heteroatoms. The van der Waals surface area contributed by atoms with E-state index in [1.54, 1.807) is 4.68 Å². The molecule has 12 heavy (non-hydrogen) atoms. The summed E-state index contributed by atoms with van der Waals surface area (Å²) in [5.74, 6) is 0. The quantitative estimate of drug-likeness (QED) is 0.805. The number of hydrogen-bond donors (Lipinski definition) is 1. The van der Waals surface area contributed by atoms with Crippen LogP contribution in [0.2, 0.25) is 10.2 Å². The van der Waals surface area contributed by atoms with Gasteiger partial charge < -0.3 is 5.11 Å². The molecule has 1 aromatic rings. The van der Waals surface area contributed by atoms with E-state index in [1.807, 2.05) is 0 Å². The molecule has 0 atom stereocenters. The molecule has 0 aliphatic heterocycles. The number of rotatable bonds is 2. The van der Waals surface area contributed by atoms with Crippen LogP contribution in [0.15, 0.2) is 0 Å². The third kappa shape index (κ3) is 1.22. The Morgan fingerprint density at radius 1 is 1.50 bits per heavy atom. The van der Waals surface area contributed by atoms with Crippen molar-refractivity contribution in [2.45, 2.75) is 25.5 Å². The normalized spacial score (nSPS) is 16.9. The van der Waals surface area contributed by atoms with Gasteiger partial charge in [-0.25, -0.2) is 4.68 Å². The molecule has 0 unspecified atom stereocenters. The van der Waals surface area contributed by atoms with Gasteiger partial charge in [-0.05, 0) is 12.8 Å². The molecule has 3 nitrogen and oxygen atoms in total. The van der Waals surface area contributed by atoms with E-state index in [2.05, 4.69) is 5.10 Å². The lowest BCUT2D eigenvalue weighted by molar-refractivity contribution is 0.275. The zero-order valence-corrected chi connectivity index (χ0v) is 7.81. The maximum Gasteiger partial charge on any atom is 0.146 e. The van der Waals surface area contributed by atoms with Gasteiger partial charge in [0.15, 0.2) is 0 Å². The Labute approximate surface area is 79.9 Å². The summed E-state index contributed by atoms with van der Waals surface area (Å²) in [4.78, 5) is 0. The van der Waals surface area contributed by atoms with E-state index in [0.717, 1.165) is 12.8 Å². The fourth-order valence-electron chi connectivity index (χ4n) is 1.10.